The van der Waals surface area contributed by atoms with Gasteiger partial charge in [-0.3, -0.25) is 9.59 Å². The first kappa shape index (κ1) is 20.5. The van der Waals surface area contributed by atoms with Crippen molar-refractivity contribution in [3.63, 3.8) is 0 Å². The Morgan fingerprint density at radius 1 is 1.26 bits per heavy atom. The zero-order chi connectivity index (χ0) is 20.0. The maximum atomic E-state index is 12.1. The Labute approximate surface area is 157 Å². The van der Waals surface area contributed by atoms with E-state index in [0.29, 0.717) is 11.3 Å². The molecule has 1 aromatic heterocycles. The first-order valence-corrected chi connectivity index (χ1v) is 8.74. The fourth-order valence-electron chi connectivity index (χ4n) is 2.69. The molecule has 0 saturated carbocycles. The van der Waals surface area contributed by atoms with E-state index >= 15 is 0 Å². The van der Waals surface area contributed by atoms with E-state index in [2.05, 4.69) is 0 Å². The highest BCUT2D eigenvalue weighted by Crippen LogP contribution is 2.35. The van der Waals surface area contributed by atoms with Gasteiger partial charge in [-0.05, 0) is 38.5 Å². The van der Waals surface area contributed by atoms with Gasteiger partial charge in [-0.25, -0.2) is 0 Å². The second-order valence-electron chi connectivity index (χ2n) is 6.25. The molecule has 0 fully saturated rings. The maximum absolute atomic E-state index is 12.1. The van der Waals surface area contributed by atoms with Gasteiger partial charge in [0.15, 0.2) is 5.76 Å². The van der Waals surface area contributed by atoms with E-state index in [-0.39, 0.29) is 30.7 Å². The Morgan fingerprint density at radius 3 is 2.63 bits per heavy atom. The quantitative estimate of drug-likeness (QED) is 0.682. The summed E-state index contributed by atoms with van der Waals surface area (Å²) in [6.45, 7) is 5.16. The number of aromatic hydroxyl groups is 1. The number of rotatable bonds is 8. The minimum Gasteiger partial charge on any atom is -0.502 e. The normalized spacial score (nSPS) is 12.0. The highest BCUT2D eigenvalue weighted by Gasteiger charge is 2.27. The third kappa shape index (κ3) is 5.34. The number of hydrogen-bond donors (Lipinski definition) is 2. The van der Waals surface area contributed by atoms with Crippen LogP contribution in [0.1, 0.15) is 50.2 Å². The predicted molar refractivity (Wildman–Crippen MR) is 97.9 cm³/mol. The van der Waals surface area contributed by atoms with Crippen molar-refractivity contribution in [2.45, 2.75) is 45.8 Å². The lowest BCUT2D eigenvalue weighted by Gasteiger charge is -2.19. The SMILES string of the molecule is CCOC(=O)C[C@H](c1cccc(OC(C)C)c1)c1oc(CO)cc(=O)c1O. The van der Waals surface area contributed by atoms with Crippen LogP contribution in [0.4, 0.5) is 0 Å². The number of benzene rings is 1. The monoisotopic (exact) mass is 376 g/mol. The van der Waals surface area contributed by atoms with Crippen LogP contribution in [-0.2, 0) is 16.1 Å². The van der Waals surface area contributed by atoms with Crippen molar-refractivity contribution in [1.82, 2.24) is 0 Å². The second kappa shape index (κ2) is 9.23. The lowest BCUT2D eigenvalue weighted by Crippen LogP contribution is -2.15. The van der Waals surface area contributed by atoms with Crippen LogP contribution in [-0.4, -0.2) is 28.9 Å². The lowest BCUT2D eigenvalue weighted by molar-refractivity contribution is -0.143. The van der Waals surface area contributed by atoms with Crippen LogP contribution in [0, 0.1) is 0 Å². The van der Waals surface area contributed by atoms with Crippen molar-refractivity contribution in [2.24, 2.45) is 0 Å². The molecule has 0 unspecified atom stereocenters. The number of ether oxygens (including phenoxy) is 2. The fraction of sp³-hybridized carbons (Fsp3) is 0.400. The molecule has 2 aromatic rings. The van der Waals surface area contributed by atoms with Crippen molar-refractivity contribution >= 4 is 5.97 Å². The highest BCUT2D eigenvalue weighted by molar-refractivity contribution is 5.71. The summed E-state index contributed by atoms with van der Waals surface area (Å²) in [4.78, 5) is 24.1. The average molecular weight is 376 g/mol. The van der Waals surface area contributed by atoms with E-state index in [1.807, 2.05) is 13.8 Å². The number of carbonyl (C=O) groups is 1. The summed E-state index contributed by atoms with van der Waals surface area (Å²) >= 11 is 0. The van der Waals surface area contributed by atoms with Gasteiger partial charge in [0.1, 0.15) is 18.1 Å². The van der Waals surface area contributed by atoms with Gasteiger partial charge in [0.05, 0.1) is 25.0 Å². The van der Waals surface area contributed by atoms with E-state index < -0.39 is 29.7 Å². The van der Waals surface area contributed by atoms with E-state index in [9.17, 15) is 19.8 Å². The molecule has 0 saturated heterocycles. The zero-order valence-corrected chi connectivity index (χ0v) is 15.6. The number of carbonyl (C=O) groups excluding carboxylic acids is 1. The maximum Gasteiger partial charge on any atom is 0.306 e. The second-order valence-corrected chi connectivity index (χ2v) is 6.25. The van der Waals surface area contributed by atoms with Crippen LogP contribution in [0.2, 0.25) is 0 Å². The molecule has 0 aliphatic heterocycles. The molecule has 0 amide bonds. The molecular formula is C20H24O7. The summed E-state index contributed by atoms with van der Waals surface area (Å²) in [5.74, 6) is -1.40. The average Bonchev–Trinajstić information content (AvgIpc) is 2.62. The minimum atomic E-state index is -0.779. The summed E-state index contributed by atoms with van der Waals surface area (Å²) in [5, 5.41) is 19.5. The van der Waals surface area contributed by atoms with Crippen molar-refractivity contribution in [1.29, 1.82) is 0 Å². The third-order valence-electron chi connectivity index (χ3n) is 3.78. The van der Waals surface area contributed by atoms with Crippen molar-refractivity contribution in [2.75, 3.05) is 6.61 Å². The molecule has 0 spiro atoms. The van der Waals surface area contributed by atoms with Crippen LogP contribution >= 0.6 is 0 Å². The van der Waals surface area contributed by atoms with Crippen LogP contribution in [0.3, 0.4) is 0 Å². The molecule has 146 valence electrons. The predicted octanol–water partition coefficient (Wildman–Crippen LogP) is 2.71. The van der Waals surface area contributed by atoms with Gasteiger partial charge >= 0.3 is 5.97 Å². The van der Waals surface area contributed by atoms with Crippen molar-refractivity contribution in [3.05, 3.63) is 57.6 Å². The first-order chi connectivity index (χ1) is 12.8. The van der Waals surface area contributed by atoms with Crippen LogP contribution < -0.4 is 10.2 Å². The third-order valence-corrected chi connectivity index (χ3v) is 3.78. The molecule has 1 atom stereocenters. The van der Waals surface area contributed by atoms with Crippen molar-refractivity contribution in [3.8, 4) is 11.5 Å². The molecule has 0 aliphatic rings. The summed E-state index contributed by atoms with van der Waals surface area (Å²) in [6.07, 6.45) is -0.197. The molecule has 7 heteroatoms. The highest BCUT2D eigenvalue weighted by atomic mass is 16.5. The van der Waals surface area contributed by atoms with E-state index in [1.165, 1.54) is 0 Å². The molecule has 0 bridgehead atoms. The van der Waals surface area contributed by atoms with Gasteiger partial charge in [-0.2, -0.15) is 0 Å². The van der Waals surface area contributed by atoms with Gasteiger partial charge in [0.25, 0.3) is 0 Å². The fourth-order valence-corrected chi connectivity index (χ4v) is 2.69. The Morgan fingerprint density at radius 2 is 2.00 bits per heavy atom. The van der Waals surface area contributed by atoms with Gasteiger partial charge in [-0.1, -0.05) is 12.1 Å². The molecule has 0 radical (unpaired) electrons. The first-order valence-electron chi connectivity index (χ1n) is 8.74. The Balaban J connectivity index is 2.54. The van der Waals surface area contributed by atoms with Crippen molar-refractivity contribution < 1.29 is 28.9 Å². The molecular weight excluding hydrogens is 352 g/mol. The Hall–Kier alpha value is -2.80. The molecule has 27 heavy (non-hydrogen) atoms. The van der Waals surface area contributed by atoms with Crippen LogP contribution in [0.15, 0.2) is 39.5 Å². The molecule has 1 aromatic carbocycles. The van der Waals surface area contributed by atoms with Gasteiger partial charge < -0.3 is 24.1 Å². The van der Waals surface area contributed by atoms with E-state index in [1.54, 1.807) is 31.2 Å². The van der Waals surface area contributed by atoms with Gasteiger partial charge in [0, 0.05) is 6.07 Å². The number of aliphatic hydroxyl groups excluding tert-OH is 1. The van der Waals surface area contributed by atoms with Crippen LogP contribution in [0.25, 0.3) is 0 Å². The molecule has 2 rings (SSSR count). The minimum absolute atomic E-state index is 0.00348. The topological polar surface area (TPSA) is 106 Å². The summed E-state index contributed by atoms with van der Waals surface area (Å²) in [5.41, 5.74) is -0.0847. The number of esters is 1. The molecule has 2 N–H and O–H groups in total. The molecule has 7 nitrogen and oxygen atoms in total. The number of aliphatic hydroxyl groups is 1. The molecule has 0 aliphatic carbocycles. The lowest BCUT2D eigenvalue weighted by atomic mass is 9.92. The Kier molecular flexibility index (Phi) is 7.01. The van der Waals surface area contributed by atoms with Gasteiger partial charge in [0.2, 0.25) is 11.2 Å². The standard InChI is InChI=1S/C20H24O7/c1-4-25-18(23)10-16(13-6-5-7-14(8-13)26-12(2)3)20-19(24)17(22)9-15(11-21)27-20/h5-9,12,16,21,24H,4,10-11H2,1-3H3/t16-/m1/s1. The molecule has 1 heterocycles. The zero-order valence-electron chi connectivity index (χ0n) is 15.6. The van der Waals surface area contributed by atoms with E-state index in [4.69, 9.17) is 13.9 Å². The Bertz CT molecular complexity index is 838. The van der Waals surface area contributed by atoms with E-state index in [0.717, 1.165) is 6.07 Å². The summed E-state index contributed by atoms with van der Waals surface area (Å²) in [7, 11) is 0. The van der Waals surface area contributed by atoms with Crippen LogP contribution in [0.5, 0.6) is 11.5 Å². The smallest absolute Gasteiger partial charge is 0.306 e. The number of hydrogen-bond acceptors (Lipinski definition) is 7. The van der Waals surface area contributed by atoms with Gasteiger partial charge in [-0.15, -0.1) is 0 Å². The largest absolute Gasteiger partial charge is 0.502 e. The summed E-state index contributed by atoms with van der Waals surface area (Å²) in [6, 6.07) is 7.98. The summed E-state index contributed by atoms with van der Waals surface area (Å²) < 4.78 is 16.2.